The van der Waals surface area contributed by atoms with E-state index in [0.29, 0.717) is 22.9 Å². The fraction of sp³-hybridized carbons (Fsp3) is 0.0667. The average Bonchev–Trinajstić information content (AvgIpc) is 3.16. The minimum atomic E-state index is -1.31. The first kappa shape index (κ1) is 13.0. The maximum absolute atomic E-state index is 11.3. The quantitative estimate of drug-likeness (QED) is 0.725. The number of hydrogen-bond acceptors (Lipinski definition) is 5. The molecule has 0 bridgehead atoms. The lowest BCUT2D eigenvalue weighted by Crippen LogP contribution is -2.25. The standard InChI is InChI=1S/C15H12N2O4/c1-20-11-6-4-10(5-7-11)17-13(15(18)19)9-12(16-17)14-3-2-8-21-14/h2-9H,1H3,(H,18,19)/p-1. The van der Waals surface area contributed by atoms with E-state index in [0.717, 1.165) is 0 Å². The summed E-state index contributed by atoms with van der Waals surface area (Å²) in [6, 6.07) is 11.7. The molecule has 0 fully saturated rings. The van der Waals surface area contributed by atoms with Gasteiger partial charge in [-0.25, -0.2) is 4.68 Å². The summed E-state index contributed by atoms with van der Waals surface area (Å²) >= 11 is 0. The molecule has 0 spiro atoms. The number of rotatable bonds is 4. The number of carbonyl (C=O) groups is 1. The van der Waals surface area contributed by atoms with Crippen LogP contribution in [0.1, 0.15) is 10.5 Å². The summed E-state index contributed by atoms with van der Waals surface area (Å²) in [4.78, 5) is 11.3. The number of benzene rings is 1. The van der Waals surface area contributed by atoms with Gasteiger partial charge in [-0.2, -0.15) is 5.10 Å². The Labute approximate surface area is 120 Å². The molecule has 106 valence electrons. The van der Waals surface area contributed by atoms with E-state index in [1.807, 2.05) is 0 Å². The predicted octanol–water partition coefficient (Wildman–Crippen LogP) is 1.50. The summed E-state index contributed by atoms with van der Waals surface area (Å²) in [6.07, 6.45) is 1.50. The number of carboxylic acids is 1. The highest BCUT2D eigenvalue weighted by atomic mass is 16.5. The highest BCUT2D eigenvalue weighted by molar-refractivity contribution is 5.86. The number of carboxylic acid groups (broad SMARTS) is 1. The van der Waals surface area contributed by atoms with Crippen LogP contribution in [0.4, 0.5) is 0 Å². The van der Waals surface area contributed by atoms with E-state index in [2.05, 4.69) is 5.10 Å². The number of aromatic nitrogens is 2. The molecular formula is C15H11N2O4-. The van der Waals surface area contributed by atoms with Crippen molar-refractivity contribution in [1.29, 1.82) is 0 Å². The molecule has 2 heterocycles. The monoisotopic (exact) mass is 283 g/mol. The summed E-state index contributed by atoms with van der Waals surface area (Å²) in [5, 5.41) is 15.5. The van der Waals surface area contributed by atoms with Crippen molar-refractivity contribution in [3.05, 3.63) is 54.4 Å². The molecule has 3 rings (SSSR count). The lowest BCUT2D eigenvalue weighted by molar-refractivity contribution is -0.255. The molecule has 0 aliphatic heterocycles. The van der Waals surface area contributed by atoms with Crippen LogP contribution in [0.2, 0.25) is 0 Å². The van der Waals surface area contributed by atoms with Gasteiger partial charge in [-0.05, 0) is 42.5 Å². The van der Waals surface area contributed by atoms with E-state index in [-0.39, 0.29) is 5.69 Å². The first-order chi connectivity index (χ1) is 10.2. The molecule has 0 saturated heterocycles. The number of carbonyl (C=O) groups excluding carboxylic acids is 1. The molecule has 21 heavy (non-hydrogen) atoms. The van der Waals surface area contributed by atoms with Crippen LogP contribution in [0.3, 0.4) is 0 Å². The molecule has 1 aromatic carbocycles. The molecule has 6 heteroatoms. The third-order valence-electron chi connectivity index (χ3n) is 3.01. The summed E-state index contributed by atoms with van der Waals surface area (Å²) in [5.74, 6) is -0.145. The number of hydrogen-bond donors (Lipinski definition) is 0. The van der Waals surface area contributed by atoms with Crippen molar-refractivity contribution in [1.82, 2.24) is 9.78 Å². The largest absolute Gasteiger partial charge is 0.543 e. The minimum Gasteiger partial charge on any atom is -0.543 e. The van der Waals surface area contributed by atoms with Crippen molar-refractivity contribution in [3.63, 3.8) is 0 Å². The van der Waals surface area contributed by atoms with Crippen LogP contribution in [0.15, 0.2) is 53.1 Å². The first-order valence-electron chi connectivity index (χ1n) is 6.19. The predicted molar refractivity (Wildman–Crippen MR) is 72.1 cm³/mol. The maximum atomic E-state index is 11.3. The SMILES string of the molecule is COc1ccc(-n2nc(-c3ccco3)cc2C(=O)[O-])cc1. The summed E-state index contributed by atoms with van der Waals surface area (Å²) in [6.45, 7) is 0. The van der Waals surface area contributed by atoms with Crippen LogP contribution in [-0.2, 0) is 0 Å². The lowest BCUT2D eigenvalue weighted by atomic mass is 10.3. The molecule has 0 unspecified atom stereocenters. The van der Waals surface area contributed by atoms with Crippen molar-refractivity contribution in [2.75, 3.05) is 7.11 Å². The number of nitrogens with zero attached hydrogens (tertiary/aromatic N) is 2. The van der Waals surface area contributed by atoms with Crippen LogP contribution in [0, 0.1) is 0 Å². The topological polar surface area (TPSA) is 80.3 Å². The number of methoxy groups -OCH3 is 1. The van der Waals surface area contributed by atoms with Gasteiger partial charge in [0.2, 0.25) is 0 Å². The minimum absolute atomic E-state index is 0.0495. The van der Waals surface area contributed by atoms with Gasteiger partial charge in [0.05, 0.1) is 30.7 Å². The molecule has 0 radical (unpaired) electrons. The van der Waals surface area contributed by atoms with Crippen molar-refractivity contribution < 1.29 is 19.1 Å². The normalized spacial score (nSPS) is 10.5. The third kappa shape index (κ3) is 2.38. The van der Waals surface area contributed by atoms with Gasteiger partial charge in [0.1, 0.15) is 11.4 Å². The van der Waals surface area contributed by atoms with Crippen LogP contribution in [-0.4, -0.2) is 22.9 Å². The Bertz CT molecular complexity index is 758. The Kier molecular flexibility index (Phi) is 3.19. The van der Waals surface area contributed by atoms with Gasteiger partial charge in [-0.3, -0.25) is 0 Å². The second-order valence-corrected chi connectivity index (χ2v) is 4.29. The molecule has 0 aliphatic rings. The zero-order chi connectivity index (χ0) is 14.8. The second kappa shape index (κ2) is 5.16. The van der Waals surface area contributed by atoms with Gasteiger partial charge >= 0.3 is 0 Å². The van der Waals surface area contributed by atoms with Crippen molar-refractivity contribution >= 4 is 5.97 Å². The molecule has 0 saturated carbocycles. The number of furan rings is 1. The van der Waals surface area contributed by atoms with Gasteiger partial charge in [0.15, 0.2) is 5.76 Å². The Balaban J connectivity index is 2.09. The third-order valence-corrected chi connectivity index (χ3v) is 3.01. The van der Waals surface area contributed by atoms with Crippen LogP contribution in [0.25, 0.3) is 17.1 Å². The van der Waals surface area contributed by atoms with Crippen LogP contribution < -0.4 is 9.84 Å². The molecular weight excluding hydrogens is 272 g/mol. The Morgan fingerprint density at radius 3 is 2.62 bits per heavy atom. The maximum Gasteiger partial charge on any atom is 0.154 e. The van der Waals surface area contributed by atoms with Gasteiger partial charge in [-0.15, -0.1) is 0 Å². The van der Waals surface area contributed by atoms with Gasteiger partial charge in [0, 0.05) is 0 Å². The van der Waals surface area contributed by atoms with Gasteiger partial charge in [-0.1, -0.05) is 0 Å². The van der Waals surface area contributed by atoms with Gasteiger partial charge in [0.25, 0.3) is 0 Å². The van der Waals surface area contributed by atoms with Crippen LogP contribution >= 0.6 is 0 Å². The molecule has 0 N–H and O–H groups in total. The van der Waals surface area contributed by atoms with Crippen molar-refractivity contribution in [2.24, 2.45) is 0 Å². The second-order valence-electron chi connectivity index (χ2n) is 4.29. The van der Waals surface area contributed by atoms with E-state index in [9.17, 15) is 9.90 Å². The zero-order valence-electron chi connectivity index (χ0n) is 11.1. The van der Waals surface area contributed by atoms with Crippen molar-refractivity contribution in [3.8, 4) is 22.9 Å². The summed E-state index contributed by atoms with van der Waals surface area (Å²) in [5.41, 5.74) is 0.967. The highest BCUT2D eigenvalue weighted by Gasteiger charge is 2.13. The zero-order valence-corrected chi connectivity index (χ0v) is 11.1. The van der Waals surface area contributed by atoms with E-state index < -0.39 is 5.97 Å². The fourth-order valence-corrected chi connectivity index (χ4v) is 1.99. The smallest absolute Gasteiger partial charge is 0.154 e. The lowest BCUT2D eigenvalue weighted by Gasteiger charge is -2.08. The summed E-state index contributed by atoms with van der Waals surface area (Å²) in [7, 11) is 1.56. The van der Waals surface area contributed by atoms with Gasteiger partial charge < -0.3 is 19.1 Å². The summed E-state index contributed by atoms with van der Waals surface area (Å²) < 4.78 is 11.6. The fourth-order valence-electron chi connectivity index (χ4n) is 1.99. The molecule has 2 aromatic heterocycles. The molecule has 0 atom stereocenters. The molecule has 6 nitrogen and oxygen atoms in total. The Hall–Kier alpha value is -3.02. The molecule has 3 aromatic rings. The van der Waals surface area contributed by atoms with Crippen LogP contribution in [0.5, 0.6) is 5.75 Å². The van der Waals surface area contributed by atoms with E-state index in [1.165, 1.54) is 17.0 Å². The van der Waals surface area contributed by atoms with E-state index in [4.69, 9.17) is 9.15 Å². The van der Waals surface area contributed by atoms with E-state index in [1.54, 1.807) is 43.5 Å². The molecule has 0 aliphatic carbocycles. The average molecular weight is 283 g/mol. The van der Waals surface area contributed by atoms with Crippen molar-refractivity contribution in [2.45, 2.75) is 0 Å². The highest BCUT2D eigenvalue weighted by Crippen LogP contribution is 2.23. The molecule has 0 amide bonds. The Morgan fingerprint density at radius 2 is 2.05 bits per heavy atom. The number of ether oxygens (including phenoxy) is 1. The Morgan fingerprint density at radius 1 is 1.29 bits per heavy atom. The first-order valence-corrected chi connectivity index (χ1v) is 6.19. The number of aromatic carboxylic acids is 1. The van der Waals surface area contributed by atoms with E-state index >= 15 is 0 Å².